The van der Waals surface area contributed by atoms with Crippen molar-refractivity contribution >= 4 is 35.1 Å². The molecule has 160 valence electrons. The van der Waals surface area contributed by atoms with E-state index in [0.717, 1.165) is 29.2 Å². The average molecular weight is 448 g/mol. The predicted octanol–water partition coefficient (Wildman–Crippen LogP) is 6.94. The quantitative estimate of drug-likeness (QED) is 0.341. The number of anilines is 1. The molecular formula is C27H29NOS2. The minimum Gasteiger partial charge on any atom is -0.326 e. The van der Waals surface area contributed by atoms with Crippen LogP contribution in [0.2, 0.25) is 0 Å². The van der Waals surface area contributed by atoms with Gasteiger partial charge in [0.1, 0.15) is 0 Å². The molecule has 1 fully saturated rings. The number of nitrogens with one attached hydrogen (secondary N) is 1. The molecule has 0 bridgehead atoms. The van der Waals surface area contributed by atoms with E-state index < -0.39 is 0 Å². The van der Waals surface area contributed by atoms with Gasteiger partial charge in [-0.15, -0.1) is 11.8 Å². The van der Waals surface area contributed by atoms with Gasteiger partial charge in [0.2, 0.25) is 5.91 Å². The van der Waals surface area contributed by atoms with Gasteiger partial charge in [0.25, 0.3) is 0 Å². The maximum Gasteiger partial charge on any atom is 0.228 e. The second-order valence-electron chi connectivity index (χ2n) is 7.96. The summed E-state index contributed by atoms with van der Waals surface area (Å²) in [6.07, 6.45) is 3.99. The van der Waals surface area contributed by atoms with Crippen LogP contribution in [0, 0.1) is 0 Å². The van der Waals surface area contributed by atoms with Gasteiger partial charge >= 0.3 is 0 Å². The van der Waals surface area contributed by atoms with E-state index in [4.69, 9.17) is 0 Å². The van der Waals surface area contributed by atoms with Crippen LogP contribution in [0.15, 0.2) is 83.8 Å². The Morgan fingerprint density at radius 1 is 0.903 bits per heavy atom. The molecule has 31 heavy (non-hydrogen) atoms. The molecule has 4 rings (SSSR count). The van der Waals surface area contributed by atoms with Crippen molar-refractivity contribution in [2.75, 3.05) is 16.8 Å². The summed E-state index contributed by atoms with van der Waals surface area (Å²) in [6.45, 7) is 2.14. The molecule has 1 aliphatic rings. The Kier molecular flexibility index (Phi) is 7.41. The van der Waals surface area contributed by atoms with Crippen LogP contribution >= 0.6 is 23.5 Å². The van der Waals surface area contributed by atoms with Gasteiger partial charge in [0, 0.05) is 15.3 Å². The van der Waals surface area contributed by atoms with E-state index in [2.05, 4.69) is 78.6 Å². The minimum absolute atomic E-state index is 0.0296. The maximum absolute atomic E-state index is 12.4. The molecule has 3 aromatic rings. The zero-order valence-corrected chi connectivity index (χ0v) is 19.6. The van der Waals surface area contributed by atoms with Gasteiger partial charge in [0.05, 0.1) is 6.42 Å². The van der Waals surface area contributed by atoms with Gasteiger partial charge in [0.15, 0.2) is 0 Å². The molecule has 0 aromatic heterocycles. The summed E-state index contributed by atoms with van der Waals surface area (Å²) in [6, 6.07) is 27.5. The monoisotopic (exact) mass is 447 g/mol. The third-order valence-electron chi connectivity index (χ3n) is 5.61. The summed E-state index contributed by atoms with van der Waals surface area (Å²) >= 11 is 3.89. The first kappa shape index (κ1) is 22.0. The van der Waals surface area contributed by atoms with Crippen molar-refractivity contribution in [3.8, 4) is 0 Å². The Balaban J connectivity index is 1.28. The topological polar surface area (TPSA) is 29.1 Å². The fraction of sp³-hybridized carbons (Fsp3) is 0.296. The Morgan fingerprint density at radius 2 is 1.61 bits per heavy atom. The van der Waals surface area contributed by atoms with Gasteiger partial charge < -0.3 is 5.32 Å². The largest absolute Gasteiger partial charge is 0.326 e. The minimum atomic E-state index is 0.0296. The molecule has 0 unspecified atom stereocenters. The average Bonchev–Trinajstić information content (AvgIpc) is 3.57. The van der Waals surface area contributed by atoms with Crippen molar-refractivity contribution in [2.24, 2.45) is 0 Å². The maximum atomic E-state index is 12.4. The fourth-order valence-corrected chi connectivity index (χ4v) is 5.84. The number of carbonyl (C=O) groups excluding carboxylic acids is 1. The van der Waals surface area contributed by atoms with Crippen molar-refractivity contribution in [3.05, 3.63) is 95.6 Å². The lowest BCUT2D eigenvalue weighted by atomic mass is 10.1. The molecule has 1 aliphatic carbocycles. The summed E-state index contributed by atoms with van der Waals surface area (Å²) in [5.41, 5.74) is 4.70. The second-order valence-corrected chi connectivity index (χ2v) is 10.8. The number of carbonyl (C=O) groups is 1. The summed E-state index contributed by atoms with van der Waals surface area (Å²) < 4.78 is 0.273. The van der Waals surface area contributed by atoms with Gasteiger partial charge in [-0.05, 0) is 71.7 Å². The van der Waals surface area contributed by atoms with E-state index >= 15 is 0 Å². The number of thioether (sulfide) groups is 2. The summed E-state index contributed by atoms with van der Waals surface area (Å²) in [5.74, 6) is 2.22. The van der Waals surface area contributed by atoms with Crippen LogP contribution in [-0.2, 0) is 22.4 Å². The standard InChI is InChI=1S/C27H29NOS2/c1-2-30-25-14-8-22(9-15-25)20-26(29)28-24-12-10-23(11-13-24)27(17-18-27)31-19-16-21-6-4-3-5-7-21/h3-15H,2,16-20H2,1H3,(H,28,29). The molecule has 1 N–H and O–H groups in total. The van der Waals surface area contributed by atoms with Crippen molar-refractivity contribution in [1.82, 2.24) is 0 Å². The van der Waals surface area contributed by atoms with Crippen molar-refractivity contribution in [2.45, 2.75) is 42.2 Å². The third-order valence-corrected chi connectivity index (χ3v) is 8.11. The zero-order chi connectivity index (χ0) is 21.5. The number of hydrogen-bond donors (Lipinski definition) is 1. The summed E-state index contributed by atoms with van der Waals surface area (Å²) in [5, 5.41) is 3.04. The van der Waals surface area contributed by atoms with Crippen LogP contribution in [0.4, 0.5) is 5.69 Å². The van der Waals surface area contributed by atoms with E-state index in [-0.39, 0.29) is 10.7 Å². The van der Waals surface area contributed by atoms with Gasteiger partial charge in [-0.1, -0.05) is 61.5 Å². The first-order valence-electron chi connectivity index (χ1n) is 11.0. The van der Waals surface area contributed by atoms with Crippen LogP contribution in [0.25, 0.3) is 0 Å². The molecule has 4 heteroatoms. The van der Waals surface area contributed by atoms with Crippen LogP contribution in [0.1, 0.15) is 36.5 Å². The fourth-order valence-electron chi connectivity index (χ4n) is 3.76. The first-order chi connectivity index (χ1) is 15.2. The Hall–Kier alpha value is -2.17. The predicted molar refractivity (Wildman–Crippen MR) is 135 cm³/mol. The van der Waals surface area contributed by atoms with Gasteiger partial charge in [-0.2, -0.15) is 11.8 Å². The van der Waals surface area contributed by atoms with Crippen molar-refractivity contribution in [3.63, 3.8) is 0 Å². The van der Waals surface area contributed by atoms with E-state index in [1.165, 1.54) is 28.9 Å². The molecule has 1 saturated carbocycles. The zero-order valence-electron chi connectivity index (χ0n) is 18.0. The highest BCUT2D eigenvalue weighted by atomic mass is 32.2. The molecule has 0 saturated heterocycles. The van der Waals surface area contributed by atoms with E-state index in [9.17, 15) is 4.79 Å². The Labute approximate surface area is 194 Å². The first-order valence-corrected chi connectivity index (χ1v) is 12.9. The number of hydrogen-bond acceptors (Lipinski definition) is 3. The van der Waals surface area contributed by atoms with Gasteiger partial charge in [-0.3, -0.25) is 4.79 Å². The number of amides is 1. The lowest BCUT2D eigenvalue weighted by Crippen LogP contribution is -2.14. The van der Waals surface area contributed by atoms with Crippen LogP contribution in [0.5, 0.6) is 0 Å². The van der Waals surface area contributed by atoms with Crippen LogP contribution in [0.3, 0.4) is 0 Å². The highest BCUT2D eigenvalue weighted by Gasteiger charge is 2.44. The van der Waals surface area contributed by atoms with Crippen molar-refractivity contribution in [1.29, 1.82) is 0 Å². The highest BCUT2D eigenvalue weighted by Crippen LogP contribution is 2.57. The normalized spacial score (nSPS) is 14.2. The lowest BCUT2D eigenvalue weighted by Gasteiger charge is -2.16. The van der Waals surface area contributed by atoms with E-state index in [0.29, 0.717) is 6.42 Å². The van der Waals surface area contributed by atoms with Gasteiger partial charge in [-0.25, -0.2) is 0 Å². The van der Waals surface area contributed by atoms with E-state index in [1.54, 1.807) is 0 Å². The van der Waals surface area contributed by atoms with Crippen molar-refractivity contribution < 1.29 is 4.79 Å². The number of aryl methyl sites for hydroxylation is 1. The molecule has 1 amide bonds. The number of benzene rings is 3. The molecule has 0 radical (unpaired) electrons. The van der Waals surface area contributed by atoms with E-state index in [1.807, 2.05) is 36.0 Å². The SMILES string of the molecule is CCSc1ccc(CC(=O)Nc2ccc(C3(SCCc4ccccc4)CC3)cc2)cc1. The molecule has 3 aromatic carbocycles. The Bertz CT molecular complexity index is 980. The van der Waals surface area contributed by atoms with Crippen LogP contribution in [-0.4, -0.2) is 17.4 Å². The lowest BCUT2D eigenvalue weighted by molar-refractivity contribution is -0.115. The number of rotatable bonds is 10. The summed E-state index contributed by atoms with van der Waals surface area (Å²) in [4.78, 5) is 13.7. The molecule has 0 spiro atoms. The Morgan fingerprint density at radius 3 is 2.26 bits per heavy atom. The molecule has 0 aliphatic heterocycles. The van der Waals surface area contributed by atoms with Crippen LogP contribution < -0.4 is 5.32 Å². The molecule has 0 heterocycles. The second kappa shape index (κ2) is 10.4. The highest BCUT2D eigenvalue weighted by molar-refractivity contribution is 8.00. The third kappa shape index (κ3) is 6.18. The smallest absolute Gasteiger partial charge is 0.228 e. The summed E-state index contributed by atoms with van der Waals surface area (Å²) in [7, 11) is 0. The molecular weight excluding hydrogens is 418 g/mol. The molecule has 2 nitrogen and oxygen atoms in total. The molecule has 0 atom stereocenters.